The molecule has 1 aliphatic heterocycles. The molecule has 15 heavy (non-hydrogen) atoms. The van der Waals surface area contributed by atoms with E-state index in [1.165, 1.54) is 11.1 Å². The summed E-state index contributed by atoms with van der Waals surface area (Å²) in [4.78, 5) is 4.50. The summed E-state index contributed by atoms with van der Waals surface area (Å²) in [7, 11) is 1.68. The van der Waals surface area contributed by atoms with Gasteiger partial charge in [-0.15, -0.1) is 0 Å². The van der Waals surface area contributed by atoms with Crippen molar-refractivity contribution in [3.63, 3.8) is 0 Å². The van der Waals surface area contributed by atoms with Gasteiger partial charge in [0.25, 0.3) is 0 Å². The molecule has 0 N–H and O–H groups in total. The van der Waals surface area contributed by atoms with Crippen molar-refractivity contribution >= 4 is 22.1 Å². The van der Waals surface area contributed by atoms with Gasteiger partial charge in [0, 0.05) is 6.21 Å². The third kappa shape index (κ3) is 2.07. The van der Waals surface area contributed by atoms with Crippen LogP contribution in [0.2, 0.25) is 0 Å². The minimum Gasteiger partial charge on any atom is -0.496 e. The smallest absolute Gasteiger partial charge is 0.133 e. The molecule has 0 bridgehead atoms. The molecule has 1 heterocycles. The summed E-state index contributed by atoms with van der Waals surface area (Å²) in [6.07, 6.45) is 4.09. The molecule has 1 aromatic carbocycles. The number of aliphatic imine (C=N–C) groups is 1. The van der Waals surface area contributed by atoms with Gasteiger partial charge < -0.3 is 4.74 Å². The van der Waals surface area contributed by atoms with E-state index in [9.17, 15) is 0 Å². The van der Waals surface area contributed by atoms with Gasteiger partial charge in [0.1, 0.15) is 5.75 Å². The summed E-state index contributed by atoms with van der Waals surface area (Å²) in [5.41, 5.74) is 2.53. The molecule has 0 spiro atoms. The minimum atomic E-state index is 0.442. The lowest BCUT2D eigenvalue weighted by molar-refractivity contribution is 0.411. The summed E-state index contributed by atoms with van der Waals surface area (Å²) in [6, 6.07) is 4.62. The van der Waals surface area contributed by atoms with Crippen molar-refractivity contribution in [1.29, 1.82) is 0 Å². The Morgan fingerprint density at radius 1 is 1.53 bits per heavy atom. The van der Waals surface area contributed by atoms with Crippen molar-refractivity contribution in [3.8, 4) is 5.75 Å². The van der Waals surface area contributed by atoms with E-state index in [0.29, 0.717) is 6.04 Å². The van der Waals surface area contributed by atoms with E-state index in [4.69, 9.17) is 4.74 Å². The highest BCUT2D eigenvalue weighted by Gasteiger charge is 2.15. The zero-order valence-electron chi connectivity index (χ0n) is 8.96. The Balaban J connectivity index is 2.40. The number of benzene rings is 1. The fourth-order valence-corrected chi connectivity index (χ4v) is 2.36. The predicted octanol–water partition coefficient (Wildman–Crippen LogP) is 3.21. The minimum absolute atomic E-state index is 0.442. The summed E-state index contributed by atoms with van der Waals surface area (Å²) < 4.78 is 6.28. The van der Waals surface area contributed by atoms with E-state index in [1.54, 1.807) is 7.11 Å². The highest BCUT2D eigenvalue weighted by atomic mass is 79.9. The maximum absolute atomic E-state index is 5.26. The monoisotopic (exact) mass is 267 g/mol. The molecule has 0 saturated heterocycles. The van der Waals surface area contributed by atoms with Crippen LogP contribution >= 0.6 is 15.9 Å². The number of rotatable bonds is 2. The van der Waals surface area contributed by atoms with Crippen molar-refractivity contribution in [2.24, 2.45) is 4.99 Å². The number of ether oxygens (including phenoxy) is 1. The maximum atomic E-state index is 5.26. The van der Waals surface area contributed by atoms with Gasteiger partial charge in [0.2, 0.25) is 0 Å². The van der Waals surface area contributed by atoms with Gasteiger partial charge in [-0.25, -0.2) is 0 Å². The summed E-state index contributed by atoms with van der Waals surface area (Å²) in [5, 5.41) is 0. The average molecular weight is 268 g/mol. The molecule has 0 radical (unpaired) electrons. The molecular formula is C12H14BrNO. The van der Waals surface area contributed by atoms with E-state index < -0.39 is 0 Å². The maximum Gasteiger partial charge on any atom is 0.133 e. The van der Waals surface area contributed by atoms with E-state index in [2.05, 4.69) is 33.9 Å². The SMILES string of the molecule is CCC1Cc2cc(Br)c(OC)cc2C=N1. The normalized spacial score (nSPS) is 18.7. The van der Waals surface area contributed by atoms with E-state index in [1.807, 2.05) is 12.3 Å². The molecule has 1 unspecified atom stereocenters. The first kappa shape index (κ1) is 10.7. The van der Waals surface area contributed by atoms with Crippen molar-refractivity contribution in [2.45, 2.75) is 25.8 Å². The third-order valence-electron chi connectivity index (χ3n) is 2.76. The van der Waals surface area contributed by atoms with Crippen molar-refractivity contribution in [3.05, 3.63) is 27.7 Å². The van der Waals surface area contributed by atoms with Crippen LogP contribution < -0.4 is 4.74 Å². The number of hydrogen-bond acceptors (Lipinski definition) is 2. The lowest BCUT2D eigenvalue weighted by Gasteiger charge is -2.18. The molecule has 2 nitrogen and oxygen atoms in total. The zero-order valence-corrected chi connectivity index (χ0v) is 10.5. The lowest BCUT2D eigenvalue weighted by atomic mass is 9.96. The van der Waals surface area contributed by atoms with Gasteiger partial charge in [-0.3, -0.25) is 4.99 Å². The van der Waals surface area contributed by atoms with Gasteiger partial charge in [-0.2, -0.15) is 0 Å². The highest BCUT2D eigenvalue weighted by Crippen LogP contribution is 2.30. The first-order chi connectivity index (χ1) is 7.24. The Bertz CT molecular complexity index is 401. The lowest BCUT2D eigenvalue weighted by Crippen LogP contribution is -2.14. The van der Waals surface area contributed by atoms with Crippen molar-refractivity contribution in [1.82, 2.24) is 0 Å². The molecule has 1 atom stereocenters. The summed E-state index contributed by atoms with van der Waals surface area (Å²) in [5.74, 6) is 0.871. The Morgan fingerprint density at radius 2 is 2.33 bits per heavy atom. The van der Waals surface area contributed by atoms with E-state index in [0.717, 1.165) is 23.1 Å². The highest BCUT2D eigenvalue weighted by molar-refractivity contribution is 9.10. The molecule has 0 fully saturated rings. The van der Waals surface area contributed by atoms with Gasteiger partial charge >= 0.3 is 0 Å². The van der Waals surface area contributed by atoms with Gasteiger partial charge in [-0.05, 0) is 52.0 Å². The standard InChI is InChI=1S/C12H14BrNO/c1-3-10-4-8-5-11(13)12(15-2)6-9(8)7-14-10/h5-7,10H,3-4H2,1-2H3. The second kappa shape index (κ2) is 4.35. The molecule has 0 aromatic heterocycles. The van der Waals surface area contributed by atoms with Crippen LogP contribution in [0.1, 0.15) is 24.5 Å². The molecule has 0 aliphatic carbocycles. The number of halogens is 1. The Labute approximate surface area is 98.5 Å². The quantitative estimate of drug-likeness (QED) is 0.807. The second-order valence-electron chi connectivity index (χ2n) is 3.73. The molecular weight excluding hydrogens is 254 g/mol. The van der Waals surface area contributed by atoms with Gasteiger partial charge in [0.15, 0.2) is 0 Å². The third-order valence-corrected chi connectivity index (χ3v) is 3.38. The van der Waals surface area contributed by atoms with Crippen LogP contribution in [-0.2, 0) is 6.42 Å². The second-order valence-corrected chi connectivity index (χ2v) is 4.58. The largest absolute Gasteiger partial charge is 0.496 e. The number of hydrogen-bond donors (Lipinski definition) is 0. The molecule has 80 valence electrons. The Kier molecular flexibility index (Phi) is 3.10. The molecule has 0 saturated carbocycles. The zero-order chi connectivity index (χ0) is 10.8. The molecule has 1 aliphatic rings. The summed E-state index contributed by atoms with van der Waals surface area (Å²) in [6.45, 7) is 2.17. The van der Waals surface area contributed by atoms with E-state index in [-0.39, 0.29) is 0 Å². The fourth-order valence-electron chi connectivity index (χ4n) is 1.81. The van der Waals surface area contributed by atoms with Crippen LogP contribution in [-0.4, -0.2) is 19.4 Å². The van der Waals surface area contributed by atoms with Crippen LogP contribution in [0.15, 0.2) is 21.6 Å². The average Bonchev–Trinajstić information content (AvgIpc) is 2.27. The van der Waals surface area contributed by atoms with Crippen molar-refractivity contribution < 1.29 is 4.74 Å². The molecule has 0 amide bonds. The van der Waals surface area contributed by atoms with Gasteiger partial charge in [-0.1, -0.05) is 6.92 Å². The van der Waals surface area contributed by atoms with Crippen LogP contribution in [0.5, 0.6) is 5.75 Å². The van der Waals surface area contributed by atoms with E-state index >= 15 is 0 Å². The number of fused-ring (bicyclic) bond motifs is 1. The van der Waals surface area contributed by atoms with Crippen LogP contribution in [0.4, 0.5) is 0 Å². The van der Waals surface area contributed by atoms with Crippen LogP contribution in [0.3, 0.4) is 0 Å². The van der Waals surface area contributed by atoms with Crippen LogP contribution in [0, 0.1) is 0 Å². The topological polar surface area (TPSA) is 21.6 Å². The Morgan fingerprint density at radius 3 is 3.00 bits per heavy atom. The summed E-state index contributed by atoms with van der Waals surface area (Å²) >= 11 is 3.51. The fraction of sp³-hybridized carbons (Fsp3) is 0.417. The number of nitrogens with zero attached hydrogens (tertiary/aromatic N) is 1. The predicted molar refractivity (Wildman–Crippen MR) is 66.1 cm³/mol. The molecule has 2 rings (SSSR count). The van der Waals surface area contributed by atoms with Crippen LogP contribution in [0.25, 0.3) is 0 Å². The van der Waals surface area contributed by atoms with Crippen molar-refractivity contribution in [2.75, 3.05) is 7.11 Å². The number of methoxy groups -OCH3 is 1. The molecule has 3 heteroatoms. The molecule has 1 aromatic rings. The first-order valence-electron chi connectivity index (χ1n) is 5.14. The van der Waals surface area contributed by atoms with Gasteiger partial charge in [0.05, 0.1) is 17.6 Å². The Hall–Kier alpha value is -0.830. The first-order valence-corrected chi connectivity index (χ1v) is 5.93.